The lowest BCUT2D eigenvalue weighted by molar-refractivity contribution is 0.0697. The molecule has 0 unspecified atom stereocenters. The Morgan fingerprint density at radius 2 is 1.70 bits per heavy atom. The number of methoxy groups -OCH3 is 2. The van der Waals surface area contributed by atoms with E-state index in [0.717, 1.165) is 15.6 Å². The Kier molecular flexibility index (Phi) is 7.19. The maximum Gasteiger partial charge on any atom is 0.335 e. The first kappa shape index (κ1) is 21.5. The Bertz CT molecular complexity index is 1020. The summed E-state index contributed by atoms with van der Waals surface area (Å²) in [6.07, 6.45) is 0. The summed E-state index contributed by atoms with van der Waals surface area (Å²) in [6.45, 7) is 0.750. The van der Waals surface area contributed by atoms with Crippen molar-refractivity contribution in [2.45, 2.75) is 13.2 Å². The fraction of sp³-hybridized carbons (Fsp3) is 0.174. The zero-order valence-corrected chi connectivity index (χ0v) is 18.2. The van der Waals surface area contributed by atoms with Gasteiger partial charge in [0.15, 0.2) is 11.5 Å². The van der Waals surface area contributed by atoms with Gasteiger partial charge in [0.25, 0.3) is 0 Å². The van der Waals surface area contributed by atoms with Gasteiger partial charge in [0.2, 0.25) is 0 Å². The maximum atomic E-state index is 11.3. The Hall–Kier alpha value is -3.19. The highest BCUT2D eigenvalue weighted by atomic mass is 79.9. The number of ether oxygens (including phenoxy) is 3. The first-order valence-corrected chi connectivity index (χ1v) is 10.00. The molecule has 3 rings (SSSR count). The molecule has 0 atom stereocenters. The van der Waals surface area contributed by atoms with Crippen LogP contribution in [0.5, 0.6) is 17.2 Å². The van der Waals surface area contributed by atoms with Crippen LogP contribution in [0, 0.1) is 0 Å². The Morgan fingerprint density at radius 3 is 2.37 bits per heavy atom. The summed E-state index contributed by atoms with van der Waals surface area (Å²) >= 11 is 3.58. The number of carboxylic acid groups (broad SMARTS) is 1. The molecule has 156 valence electrons. The summed E-state index contributed by atoms with van der Waals surface area (Å²) in [6, 6.07) is 18.2. The van der Waals surface area contributed by atoms with Gasteiger partial charge in [-0.2, -0.15) is 0 Å². The molecular weight excluding hydrogens is 450 g/mol. The summed E-state index contributed by atoms with van der Waals surface area (Å²) in [5.41, 5.74) is 2.62. The van der Waals surface area contributed by atoms with Crippen molar-refractivity contribution >= 4 is 27.6 Å². The minimum Gasteiger partial charge on any atom is -0.495 e. The third-order valence-corrected chi connectivity index (χ3v) is 5.26. The molecular formula is C23H22BrNO5. The number of rotatable bonds is 9. The SMILES string of the molecule is COc1ccc(C(=O)O)cc1NCc1c(Br)ccc(OC)c1OCc1ccccc1. The molecule has 7 heteroatoms. The van der Waals surface area contributed by atoms with Crippen molar-refractivity contribution < 1.29 is 24.1 Å². The molecule has 0 aromatic heterocycles. The molecule has 6 nitrogen and oxygen atoms in total. The molecule has 30 heavy (non-hydrogen) atoms. The van der Waals surface area contributed by atoms with Crippen LogP contribution in [0.4, 0.5) is 5.69 Å². The fourth-order valence-electron chi connectivity index (χ4n) is 2.96. The Morgan fingerprint density at radius 1 is 1.00 bits per heavy atom. The number of carbonyl (C=O) groups is 1. The van der Waals surface area contributed by atoms with Crippen LogP contribution in [0.2, 0.25) is 0 Å². The first-order chi connectivity index (χ1) is 14.5. The average Bonchev–Trinajstić information content (AvgIpc) is 2.77. The number of benzene rings is 3. The van der Waals surface area contributed by atoms with Crippen LogP contribution in [0.3, 0.4) is 0 Å². The van der Waals surface area contributed by atoms with Crippen LogP contribution in [0.25, 0.3) is 0 Å². The van der Waals surface area contributed by atoms with E-state index in [1.165, 1.54) is 13.2 Å². The predicted molar refractivity (Wildman–Crippen MR) is 119 cm³/mol. The van der Waals surface area contributed by atoms with Gasteiger partial charge in [-0.25, -0.2) is 4.79 Å². The molecule has 0 radical (unpaired) electrons. The second-order valence-corrected chi connectivity index (χ2v) is 7.26. The van der Waals surface area contributed by atoms with Crippen molar-refractivity contribution in [3.63, 3.8) is 0 Å². The van der Waals surface area contributed by atoms with E-state index in [0.29, 0.717) is 36.1 Å². The van der Waals surface area contributed by atoms with E-state index in [-0.39, 0.29) is 5.56 Å². The van der Waals surface area contributed by atoms with Crippen molar-refractivity contribution in [1.82, 2.24) is 0 Å². The fourth-order valence-corrected chi connectivity index (χ4v) is 3.41. The highest BCUT2D eigenvalue weighted by molar-refractivity contribution is 9.10. The Balaban J connectivity index is 1.88. The number of hydrogen-bond acceptors (Lipinski definition) is 5. The molecule has 0 amide bonds. The molecule has 0 bridgehead atoms. The van der Waals surface area contributed by atoms with Crippen molar-refractivity contribution in [3.05, 3.63) is 81.8 Å². The third kappa shape index (κ3) is 5.04. The minimum atomic E-state index is -1.00. The lowest BCUT2D eigenvalue weighted by atomic mass is 10.1. The number of carboxylic acids is 1. The number of anilines is 1. The van der Waals surface area contributed by atoms with E-state index in [1.807, 2.05) is 42.5 Å². The van der Waals surface area contributed by atoms with Crippen molar-refractivity contribution in [1.29, 1.82) is 0 Å². The molecule has 0 aliphatic rings. The molecule has 3 aromatic carbocycles. The van der Waals surface area contributed by atoms with Gasteiger partial charge in [0.1, 0.15) is 12.4 Å². The van der Waals surface area contributed by atoms with Crippen LogP contribution in [-0.2, 0) is 13.2 Å². The van der Waals surface area contributed by atoms with E-state index < -0.39 is 5.97 Å². The molecule has 0 saturated heterocycles. The number of halogens is 1. The van der Waals surface area contributed by atoms with E-state index in [2.05, 4.69) is 21.2 Å². The lowest BCUT2D eigenvalue weighted by Gasteiger charge is -2.18. The molecule has 0 saturated carbocycles. The zero-order valence-electron chi connectivity index (χ0n) is 16.6. The second-order valence-electron chi connectivity index (χ2n) is 6.41. The maximum absolute atomic E-state index is 11.3. The molecule has 0 aliphatic carbocycles. The van der Waals surface area contributed by atoms with E-state index in [9.17, 15) is 9.90 Å². The van der Waals surface area contributed by atoms with E-state index >= 15 is 0 Å². The molecule has 0 aliphatic heterocycles. The van der Waals surface area contributed by atoms with Gasteiger partial charge in [-0.05, 0) is 35.9 Å². The zero-order chi connectivity index (χ0) is 21.5. The minimum absolute atomic E-state index is 0.170. The number of aromatic carboxylic acids is 1. The molecule has 2 N–H and O–H groups in total. The quantitative estimate of drug-likeness (QED) is 0.437. The molecule has 0 fully saturated rings. The van der Waals surface area contributed by atoms with Gasteiger partial charge in [-0.3, -0.25) is 0 Å². The smallest absolute Gasteiger partial charge is 0.335 e. The van der Waals surface area contributed by atoms with Crippen molar-refractivity contribution in [2.24, 2.45) is 0 Å². The van der Waals surface area contributed by atoms with Crippen molar-refractivity contribution in [3.8, 4) is 17.2 Å². The standard InChI is InChI=1S/C23H22BrNO5/c1-28-20-10-8-16(23(26)27)12-19(20)25-13-17-18(24)9-11-21(29-2)22(17)30-14-15-6-4-3-5-7-15/h3-12,25H,13-14H2,1-2H3,(H,26,27). The van der Waals surface area contributed by atoms with Crippen LogP contribution in [0.1, 0.15) is 21.5 Å². The van der Waals surface area contributed by atoms with Gasteiger partial charge < -0.3 is 24.6 Å². The van der Waals surface area contributed by atoms with Crippen LogP contribution in [-0.4, -0.2) is 25.3 Å². The summed E-state index contributed by atoms with van der Waals surface area (Å²) in [5, 5.41) is 12.5. The van der Waals surface area contributed by atoms with E-state index in [4.69, 9.17) is 14.2 Å². The molecule has 3 aromatic rings. The third-order valence-electron chi connectivity index (χ3n) is 4.52. The Labute approximate surface area is 183 Å². The monoisotopic (exact) mass is 471 g/mol. The van der Waals surface area contributed by atoms with Crippen LogP contribution >= 0.6 is 15.9 Å². The van der Waals surface area contributed by atoms with Crippen LogP contribution in [0.15, 0.2) is 65.1 Å². The number of nitrogens with one attached hydrogen (secondary N) is 1. The second kappa shape index (κ2) is 10.0. The summed E-state index contributed by atoms with van der Waals surface area (Å²) in [4.78, 5) is 11.3. The topological polar surface area (TPSA) is 77.0 Å². The summed E-state index contributed by atoms with van der Waals surface area (Å²) < 4.78 is 17.8. The average molecular weight is 472 g/mol. The van der Waals surface area contributed by atoms with Gasteiger partial charge in [-0.1, -0.05) is 46.3 Å². The normalized spacial score (nSPS) is 10.4. The highest BCUT2D eigenvalue weighted by Gasteiger charge is 2.16. The predicted octanol–water partition coefficient (Wildman–Crippen LogP) is 5.36. The van der Waals surface area contributed by atoms with Crippen molar-refractivity contribution in [2.75, 3.05) is 19.5 Å². The van der Waals surface area contributed by atoms with Crippen LogP contribution < -0.4 is 19.5 Å². The largest absolute Gasteiger partial charge is 0.495 e. The summed E-state index contributed by atoms with van der Waals surface area (Å²) in [7, 11) is 3.13. The van der Waals surface area contributed by atoms with Gasteiger partial charge in [0.05, 0.1) is 25.5 Å². The molecule has 0 spiro atoms. The highest BCUT2D eigenvalue weighted by Crippen LogP contribution is 2.38. The lowest BCUT2D eigenvalue weighted by Crippen LogP contribution is -2.08. The number of hydrogen-bond donors (Lipinski definition) is 2. The van der Waals surface area contributed by atoms with E-state index in [1.54, 1.807) is 19.2 Å². The molecule has 0 heterocycles. The summed E-state index contributed by atoms with van der Waals surface area (Å²) in [5.74, 6) is 0.759. The van der Waals surface area contributed by atoms with Gasteiger partial charge in [-0.15, -0.1) is 0 Å². The van der Waals surface area contributed by atoms with Gasteiger partial charge >= 0.3 is 5.97 Å². The van der Waals surface area contributed by atoms with Gasteiger partial charge in [0, 0.05) is 16.6 Å². The first-order valence-electron chi connectivity index (χ1n) is 9.20.